The zero-order chi connectivity index (χ0) is 21.3. The van der Waals surface area contributed by atoms with E-state index in [-0.39, 0.29) is 42.0 Å². The van der Waals surface area contributed by atoms with E-state index in [1.54, 1.807) is 16.4 Å². The molecule has 0 radical (unpaired) electrons. The van der Waals surface area contributed by atoms with Gasteiger partial charge in [-0.3, -0.25) is 19.4 Å². The van der Waals surface area contributed by atoms with Crippen LogP contribution in [-0.4, -0.2) is 65.3 Å². The number of amides is 2. The van der Waals surface area contributed by atoms with E-state index < -0.39 is 0 Å². The molecule has 1 aliphatic carbocycles. The Bertz CT molecular complexity index is 935. The number of rotatable bonds is 6. The largest absolute Gasteiger partial charge is 0.359 e. The Morgan fingerprint density at radius 1 is 0.879 bits per heavy atom. The second-order valence-corrected chi connectivity index (χ2v) is 10.3. The van der Waals surface area contributed by atoms with Gasteiger partial charge in [0, 0.05) is 51.0 Å². The van der Waals surface area contributed by atoms with E-state index >= 15 is 0 Å². The maximum absolute atomic E-state index is 12.6. The van der Waals surface area contributed by atoms with Crippen molar-refractivity contribution in [2.24, 2.45) is 5.41 Å². The highest BCUT2D eigenvalue weighted by Gasteiger charge is 2.44. The van der Waals surface area contributed by atoms with E-state index in [0.29, 0.717) is 19.4 Å². The van der Waals surface area contributed by atoms with Crippen LogP contribution in [0.4, 0.5) is 5.00 Å². The Kier molecular flexibility index (Phi) is 9.01. The van der Waals surface area contributed by atoms with E-state index in [2.05, 4.69) is 32.4 Å². The molecule has 2 saturated heterocycles. The van der Waals surface area contributed by atoms with Gasteiger partial charge in [-0.15, -0.1) is 24.8 Å². The van der Waals surface area contributed by atoms with Crippen LogP contribution in [0.25, 0.3) is 10.9 Å². The standard InChI is InChI=1S/C24H32N4O2S.2ClH/c29-21-17-24(9-3-4-10-24)18-22(30)28(21)12-6-5-11-26-13-15-27(16-14-26)23-19-7-1-2-8-20(19)25-31-23;;/h1-2,7-8H,3-6,9-18H2;2*1H. The van der Waals surface area contributed by atoms with Crippen molar-refractivity contribution in [3.05, 3.63) is 24.3 Å². The number of hydrogen-bond acceptors (Lipinski definition) is 6. The summed E-state index contributed by atoms with van der Waals surface area (Å²) in [5, 5.41) is 2.55. The molecule has 3 aliphatic rings. The maximum Gasteiger partial charge on any atom is 0.229 e. The van der Waals surface area contributed by atoms with Crippen molar-refractivity contribution in [1.29, 1.82) is 0 Å². The van der Waals surface area contributed by atoms with Gasteiger partial charge in [0.2, 0.25) is 11.8 Å². The van der Waals surface area contributed by atoms with E-state index in [1.165, 1.54) is 23.2 Å². The third-order valence-corrected chi connectivity index (χ3v) is 8.39. The van der Waals surface area contributed by atoms with Gasteiger partial charge in [-0.2, -0.15) is 4.37 Å². The summed E-state index contributed by atoms with van der Waals surface area (Å²) >= 11 is 1.60. The number of carbonyl (C=O) groups is 2. The topological polar surface area (TPSA) is 56.8 Å². The minimum Gasteiger partial charge on any atom is -0.359 e. The van der Waals surface area contributed by atoms with Crippen molar-refractivity contribution in [3.63, 3.8) is 0 Å². The highest BCUT2D eigenvalue weighted by atomic mass is 35.5. The van der Waals surface area contributed by atoms with Gasteiger partial charge in [-0.1, -0.05) is 25.0 Å². The Labute approximate surface area is 212 Å². The van der Waals surface area contributed by atoms with Gasteiger partial charge in [0.1, 0.15) is 5.00 Å². The number of halogens is 2. The lowest BCUT2D eigenvalue weighted by Gasteiger charge is -2.37. The van der Waals surface area contributed by atoms with E-state index in [4.69, 9.17) is 0 Å². The van der Waals surface area contributed by atoms with Gasteiger partial charge in [0.25, 0.3) is 0 Å². The average molecular weight is 514 g/mol. The highest BCUT2D eigenvalue weighted by molar-refractivity contribution is 7.11. The molecule has 1 spiro atoms. The molecule has 1 saturated carbocycles. The second kappa shape index (κ2) is 11.3. The fourth-order valence-corrected chi connectivity index (χ4v) is 6.56. The van der Waals surface area contributed by atoms with Crippen LogP contribution in [0.5, 0.6) is 0 Å². The summed E-state index contributed by atoms with van der Waals surface area (Å²) in [6.45, 7) is 5.79. The van der Waals surface area contributed by atoms with Crippen molar-refractivity contribution in [3.8, 4) is 0 Å². The van der Waals surface area contributed by atoms with Crippen LogP contribution >= 0.6 is 36.3 Å². The highest BCUT2D eigenvalue weighted by Crippen LogP contribution is 2.46. The van der Waals surface area contributed by atoms with Crippen molar-refractivity contribution >= 4 is 64.1 Å². The first kappa shape index (κ1) is 26.2. The maximum atomic E-state index is 12.6. The molecule has 3 heterocycles. The van der Waals surface area contributed by atoms with E-state index in [0.717, 1.165) is 63.9 Å². The van der Waals surface area contributed by atoms with Crippen LogP contribution in [0, 0.1) is 5.41 Å². The fraction of sp³-hybridized carbons (Fsp3) is 0.625. The van der Waals surface area contributed by atoms with Crippen molar-refractivity contribution in [2.75, 3.05) is 44.2 Å². The molecule has 182 valence electrons. The van der Waals surface area contributed by atoms with Crippen LogP contribution in [0.2, 0.25) is 0 Å². The molecule has 2 aromatic rings. The Balaban J connectivity index is 0.00000153. The lowest BCUT2D eigenvalue weighted by molar-refractivity contribution is -0.153. The van der Waals surface area contributed by atoms with Crippen LogP contribution in [-0.2, 0) is 9.59 Å². The summed E-state index contributed by atoms with van der Waals surface area (Å²) in [4.78, 5) is 31.7. The van der Waals surface area contributed by atoms with Gasteiger partial charge in [0.05, 0.1) is 5.52 Å². The summed E-state index contributed by atoms with van der Waals surface area (Å²) < 4.78 is 4.58. The minimum atomic E-state index is 0. The number of piperazine rings is 1. The molecule has 0 bridgehead atoms. The first-order valence-corrected chi connectivity index (χ1v) is 12.6. The molecular weight excluding hydrogens is 479 g/mol. The summed E-state index contributed by atoms with van der Waals surface area (Å²) in [6, 6.07) is 8.37. The molecule has 2 amide bonds. The molecule has 9 heteroatoms. The third-order valence-electron chi connectivity index (χ3n) is 7.45. The molecule has 0 atom stereocenters. The second-order valence-electron chi connectivity index (χ2n) is 9.54. The molecule has 2 aliphatic heterocycles. The number of carbonyl (C=O) groups excluding carboxylic acids is 2. The predicted molar refractivity (Wildman–Crippen MR) is 139 cm³/mol. The molecule has 0 unspecified atom stereocenters. The number of unbranched alkanes of at least 4 members (excludes halogenated alkanes) is 1. The number of aromatic nitrogens is 1. The number of nitrogens with zero attached hydrogens (tertiary/aromatic N) is 4. The van der Waals surface area contributed by atoms with Gasteiger partial charge < -0.3 is 4.90 Å². The Hall–Kier alpha value is -1.41. The van der Waals surface area contributed by atoms with Gasteiger partial charge >= 0.3 is 0 Å². The lowest BCUT2D eigenvalue weighted by Crippen LogP contribution is -2.48. The molecule has 1 aromatic heterocycles. The number of likely N-dealkylation sites (tertiary alicyclic amines) is 1. The average Bonchev–Trinajstić information content (AvgIpc) is 3.40. The molecular formula is C24H34Cl2N4O2S. The zero-order valence-electron chi connectivity index (χ0n) is 19.0. The SMILES string of the molecule is Cl.Cl.O=C1CC2(CCCC2)CC(=O)N1CCCCN1CCN(c2snc3ccccc23)CC1. The summed E-state index contributed by atoms with van der Waals surface area (Å²) in [7, 11) is 0. The molecule has 33 heavy (non-hydrogen) atoms. The van der Waals surface area contributed by atoms with Gasteiger partial charge in [-0.05, 0) is 61.3 Å². The van der Waals surface area contributed by atoms with Crippen LogP contribution in [0.3, 0.4) is 0 Å². The third kappa shape index (κ3) is 5.64. The number of fused-ring (bicyclic) bond motifs is 1. The number of benzene rings is 1. The van der Waals surface area contributed by atoms with Crippen LogP contribution in [0.1, 0.15) is 51.4 Å². The van der Waals surface area contributed by atoms with Crippen molar-refractivity contribution in [2.45, 2.75) is 51.4 Å². The fourth-order valence-electron chi connectivity index (χ4n) is 5.65. The lowest BCUT2D eigenvalue weighted by atomic mass is 9.76. The Morgan fingerprint density at radius 3 is 2.21 bits per heavy atom. The normalized spacial score (nSPS) is 20.8. The van der Waals surface area contributed by atoms with E-state index in [9.17, 15) is 9.59 Å². The van der Waals surface area contributed by atoms with Gasteiger partial charge in [-0.25, -0.2) is 0 Å². The molecule has 6 nitrogen and oxygen atoms in total. The Morgan fingerprint density at radius 2 is 1.52 bits per heavy atom. The number of imide groups is 1. The number of anilines is 1. The van der Waals surface area contributed by atoms with Crippen molar-refractivity contribution in [1.82, 2.24) is 14.2 Å². The summed E-state index contributed by atoms with van der Waals surface area (Å²) in [5.74, 6) is 0.145. The summed E-state index contributed by atoms with van der Waals surface area (Å²) in [6.07, 6.45) is 7.58. The zero-order valence-corrected chi connectivity index (χ0v) is 21.5. The molecule has 3 fully saturated rings. The quantitative estimate of drug-likeness (QED) is 0.412. The predicted octanol–water partition coefficient (Wildman–Crippen LogP) is 4.75. The smallest absolute Gasteiger partial charge is 0.229 e. The first-order valence-electron chi connectivity index (χ1n) is 11.8. The number of piperidine rings is 1. The monoisotopic (exact) mass is 512 g/mol. The van der Waals surface area contributed by atoms with E-state index in [1.807, 2.05) is 6.07 Å². The molecule has 1 aromatic carbocycles. The van der Waals surface area contributed by atoms with Crippen LogP contribution < -0.4 is 4.90 Å². The molecule has 5 rings (SSSR count). The van der Waals surface area contributed by atoms with Crippen LogP contribution in [0.15, 0.2) is 24.3 Å². The minimum absolute atomic E-state index is 0. The molecule has 0 N–H and O–H groups in total. The number of hydrogen-bond donors (Lipinski definition) is 0. The van der Waals surface area contributed by atoms with Gasteiger partial charge in [0.15, 0.2) is 0 Å². The summed E-state index contributed by atoms with van der Waals surface area (Å²) in [5.41, 5.74) is 1.10. The van der Waals surface area contributed by atoms with Crippen molar-refractivity contribution < 1.29 is 9.59 Å². The first-order chi connectivity index (χ1) is 15.1.